The van der Waals surface area contributed by atoms with Crippen molar-refractivity contribution in [1.82, 2.24) is 15.3 Å². The summed E-state index contributed by atoms with van der Waals surface area (Å²) in [6, 6.07) is -0.285. The summed E-state index contributed by atoms with van der Waals surface area (Å²) in [5, 5.41) is 6.11. The molecule has 0 fully saturated rings. The van der Waals surface area contributed by atoms with E-state index in [1.165, 1.54) is 12.5 Å². The first-order valence-corrected chi connectivity index (χ1v) is 5.41. The van der Waals surface area contributed by atoms with Crippen molar-refractivity contribution < 1.29 is 4.79 Å². The van der Waals surface area contributed by atoms with E-state index < -0.39 is 6.04 Å². The smallest absolute Gasteiger partial charge is 0.242 e. The predicted octanol–water partition coefficient (Wildman–Crippen LogP) is 1.45. The van der Waals surface area contributed by atoms with E-state index in [2.05, 4.69) is 20.6 Å². The van der Waals surface area contributed by atoms with Crippen LogP contribution in [-0.2, 0) is 4.79 Å². The molecule has 1 aromatic heterocycles. The van der Waals surface area contributed by atoms with Crippen LogP contribution >= 0.6 is 11.6 Å². The highest BCUT2D eigenvalue weighted by molar-refractivity contribution is 6.32. The Labute approximate surface area is 99.6 Å². The minimum Gasteiger partial charge on any atom is -0.357 e. The second-order valence-electron chi connectivity index (χ2n) is 3.75. The lowest BCUT2D eigenvalue weighted by molar-refractivity contribution is -0.122. The fourth-order valence-electron chi connectivity index (χ4n) is 1.10. The first-order valence-electron chi connectivity index (χ1n) is 5.03. The fraction of sp³-hybridized carbons (Fsp3) is 0.500. The van der Waals surface area contributed by atoms with E-state index in [1.54, 1.807) is 6.92 Å². The van der Waals surface area contributed by atoms with Crippen molar-refractivity contribution in [3.05, 3.63) is 17.5 Å². The number of hydrogen-bond donors (Lipinski definition) is 2. The molecule has 6 heteroatoms. The highest BCUT2D eigenvalue weighted by Gasteiger charge is 2.14. The lowest BCUT2D eigenvalue weighted by Gasteiger charge is -2.16. The van der Waals surface area contributed by atoms with Crippen LogP contribution in [0.3, 0.4) is 0 Å². The van der Waals surface area contributed by atoms with Crippen molar-refractivity contribution in [2.45, 2.75) is 32.9 Å². The Balaban J connectivity index is 2.61. The summed E-state index contributed by atoms with van der Waals surface area (Å²) in [6.45, 7) is 5.56. The van der Waals surface area contributed by atoms with Crippen LogP contribution in [0.4, 0.5) is 5.82 Å². The zero-order valence-corrected chi connectivity index (χ0v) is 10.2. The largest absolute Gasteiger partial charge is 0.357 e. The van der Waals surface area contributed by atoms with Gasteiger partial charge < -0.3 is 10.6 Å². The highest BCUT2D eigenvalue weighted by Crippen LogP contribution is 2.16. The molecule has 2 N–H and O–H groups in total. The van der Waals surface area contributed by atoms with Gasteiger partial charge in [-0.15, -0.1) is 0 Å². The number of nitrogens with one attached hydrogen (secondary N) is 2. The van der Waals surface area contributed by atoms with Crippen molar-refractivity contribution in [2.75, 3.05) is 5.32 Å². The molecule has 88 valence electrons. The van der Waals surface area contributed by atoms with Crippen LogP contribution in [0.5, 0.6) is 0 Å². The minimum absolute atomic E-state index is 0.0929. The van der Waals surface area contributed by atoms with E-state index in [4.69, 9.17) is 11.6 Å². The molecule has 1 heterocycles. The molecule has 5 nitrogen and oxygen atoms in total. The van der Waals surface area contributed by atoms with Crippen LogP contribution in [0.2, 0.25) is 5.02 Å². The molecular weight excluding hydrogens is 228 g/mol. The van der Waals surface area contributed by atoms with Crippen LogP contribution in [0.1, 0.15) is 20.8 Å². The Kier molecular flexibility index (Phi) is 4.49. The van der Waals surface area contributed by atoms with Crippen molar-refractivity contribution in [3.8, 4) is 0 Å². The molecule has 0 saturated heterocycles. The topological polar surface area (TPSA) is 66.9 Å². The van der Waals surface area contributed by atoms with E-state index in [0.717, 1.165) is 0 Å². The number of rotatable bonds is 4. The maximum absolute atomic E-state index is 11.6. The van der Waals surface area contributed by atoms with Gasteiger partial charge in [-0.3, -0.25) is 4.79 Å². The van der Waals surface area contributed by atoms with Gasteiger partial charge in [0.25, 0.3) is 0 Å². The van der Waals surface area contributed by atoms with Gasteiger partial charge in [0.05, 0.1) is 6.20 Å². The number of carbonyl (C=O) groups is 1. The van der Waals surface area contributed by atoms with Crippen molar-refractivity contribution in [1.29, 1.82) is 0 Å². The van der Waals surface area contributed by atoms with Gasteiger partial charge in [-0.05, 0) is 20.8 Å². The molecule has 0 aliphatic rings. The third kappa shape index (κ3) is 3.66. The van der Waals surface area contributed by atoms with Crippen LogP contribution < -0.4 is 10.6 Å². The molecule has 0 aliphatic carbocycles. The lowest BCUT2D eigenvalue weighted by atomic mass is 10.3. The minimum atomic E-state index is -0.394. The molecule has 1 rings (SSSR count). The number of nitrogens with zero attached hydrogens (tertiary/aromatic N) is 2. The summed E-state index contributed by atoms with van der Waals surface area (Å²) in [7, 11) is 0. The summed E-state index contributed by atoms with van der Waals surface area (Å²) < 4.78 is 0. The van der Waals surface area contributed by atoms with Crippen molar-refractivity contribution in [2.24, 2.45) is 0 Å². The number of halogens is 1. The molecule has 1 atom stereocenters. The highest BCUT2D eigenvalue weighted by atomic mass is 35.5. The van der Waals surface area contributed by atoms with E-state index in [9.17, 15) is 4.79 Å². The van der Waals surface area contributed by atoms with Crippen LogP contribution in [0.15, 0.2) is 12.5 Å². The van der Waals surface area contributed by atoms with E-state index >= 15 is 0 Å². The average Bonchev–Trinajstić information content (AvgIpc) is 2.20. The van der Waals surface area contributed by atoms with Gasteiger partial charge in [-0.2, -0.15) is 0 Å². The van der Waals surface area contributed by atoms with E-state index in [0.29, 0.717) is 10.8 Å². The molecule has 0 bridgehead atoms. The molecule has 16 heavy (non-hydrogen) atoms. The Hall–Kier alpha value is -1.36. The quantitative estimate of drug-likeness (QED) is 0.839. The second kappa shape index (κ2) is 5.65. The zero-order chi connectivity index (χ0) is 12.1. The van der Waals surface area contributed by atoms with Gasteiger partial charge >= 0.3 is 0 Å². The number of hydrogen-bond acceptors (Lipinski definition) is 4. The first kappa shape index (κ1) is 12.7. The summed E-state index contributed by atoms with van der Waals surface area (Å²) in [5.74, 6) is 0.368. The van der Waals surface area contributed by atoms with Crippen molar-refractivity contribution in [3.63, 3.8) is 0 Å². The molecule has 1 aromatic rings. The average molecular weight is 243 g/mol. The molecule has 0 spiro atoms. The predicted molar refractivity (Wildman–Crippen MR) is 63.4 cm³/mol. The maximum atomic E-state index is 11.6. The third-order valence-electron chi connectivity index (χ3n) is 1.85. The molecule has 1 unspecified atom stereocenters. The molecule has 0 aliphatic heterocycles. The third-order valence-corrected chi connectivity index (χ3v) is 2.12. The number of carbonyl (C=O) groups excluding carboxylic acids is 1. The second-order valence-corrected chi connectivity index (χ2v) is 4.16. The monoisotopic (exact) mass is 242 g/mol. The van der Waals surface area contributed by atoms with E-state index in [-0.39, 0.29) is 11.9 Å². The molecule has 0 saturated carbocycles. The molecule has 0 radical (unpaired) electrons. The van der Waals surface area contributed by atoms with Gasteiger partial charge in [0, 0.05) is 6.04 Å². The Morgan fingerprint density at radius 1 is 1.44 bits per heavy atom. The Morgan fingerprint density at radius 2 is 2.12 bits per heavy atom. The fourth-order valence-corrected chi connectivity index (χ4v) is 1.26. The SMILES string of the molecule is CC(C)NC(=O)C(C)Nc1ncncc1Cl. The number of aromatic nitrogens is 2. The number of amides is 1. The molecule has 0 aromatic carbocycles. The summed E-state index contributed by atoms with van der Waals surface area (Å²) in [4.78, 5) is 19.3. The zero-order valence-electron chi connectivity index (χ0n) is 9.49. The summed E-state index contributed by atoms with van der Waals surface area (Å²) in [5.41, 5.74) is 0. The van der Waals surface area contributed by atoms with Crippen LogP contribution in [0, 0.1) is 0 Å². The van der Waals surface area contributed by atoms with Gasteiger partial charge in [-0.25, -0.2) is 9.97 Å². The standard InChI is InChI=1S/C10H15ClN4O/c1-6(2)14-10(16)7(3)15-9-8(11)4-12-5-13-9/h4-7H,1-3H3,(H,14,16)(H,12,13,15). The number of anilines is 1. The maximum Gasteiger partial charge on any atom is 0.242 e. The van der Waals surface area contributed by atoms with Crippen LogP contribution in [0.25, 0.3) is 0 Å². The van der Waals surface area contributed by atoms with Gasteiger partial charge in [0.2, 0.25) is 5.91 Å². The molecular formula is C10H15ClN4O. The lowest BCUT2D eigenvalue weighted by Crippen LogP contribution is -2.41. The van der Waals surface area contributed by atoms with Gasteiger partial charge in [0.15, 0.2) is 0 Å². The normalized spacial score (nSPS) is 12.3. The van der Waals surface area contributed by atoms with Gasteiger partial charge in [-0.1, -0.05) is 11.6 Å². The molecule has 1 amide bonds. The first-order chi connectivity index (χ1) is 7.50. The van der Waals surface area contributed by atoms with Crippen molar-refractivity contribution >= 4 is 23.3 Å². The Bertz CT molecular complexity index is 370. The van der Waals surface area contributed by atoms with Gasteiger partial charge in [0.1, 0.15) is 23.2 Å². The Morgan fingerprint density at radius 3 is 2.69 bits per heavy atom. The van der Waals surface area contributed by atoms with Crippen LogP contribution in [-0.4, -0.2) is 28.0 Å². The van der Waals surface area contributed by atoms with E-state index in [1.807, 2.05) is 13.8 Å². The summed E-state index contributed by atoms with van der Waals surface area (Å²) in [6.07, 6.45) is 2.85. The summed E-state index contributed by atoms with van der Waals surface area (Å²) >= 11 is 5.86.